The van der Waals surface area contributed by atoms with Gasteiger partial charge in [-0.3, -0.25) is 92.1 Å². The van der Waals surface area contributed by atoms with Crippen molar-refractivity contribution < 1.29 is 81.4 Å². The van der Waals surface area contributed by atoms with E-state index in [0.717, 1.165) is 185 Å². The predicted molar refractivity (Wildman–Crippen MR) is 696 cm³/mol. The van der Waals surface area contributed by atoms with Crippen molar-refractivity contribution in [3.05, 3.63) is 114 Å². The number of methoxy groups -OCH3 is 2. The molecule has 0 radical (unpaired) electrons. The molecule has 13 amide bonds. The number of ether oxygens (including phenoxy) is 2. The summed E-state index contributed by atoms with van der Waals surface area (Å²) in [5, 5.41) is 24.9. The summed E-state index contributed by atoms with van der Waals surface area (Å²) >= 11 is 26.2. The van der Waals surface area contributed by atoms with E-state index in [2.05, 4.69) is 227 Å². The van der Waals surface area contributed by atoms with Crippen molar-refractivity contribution in [1.29, 1.82) is 0 Å². The number of hydroxylamine groups is 1. The monoisotopic (exact) mass is 3460 g/mol. The summed E-state index contributed by atoms with van der Waals surface area (Å²) in [7, 11) is 5.38. The second kappa shape index (κ2) is 91.7. The molecule has 12 rings (SSSR count). The average molecular weight is 3470 g/mol. The van der Waals surface area contributed by atoms with E-state index >= 15 is 0 Å². The summed E-state index contributed by atoms with van der Waals surface area (Å²) in [6.45, 7) is 40.7. The van der Waals surface area contributed by atoms with Crippen LogP contribution in [0.4, 0.5) is 33.5 Å². The van der Waals surface area contributed by atoms with Crippen LogP contribution in [0.1, 0.15) is 56.9 Å². The highest BCUT2D eigenvalue weighted by Gasteiger charge is 2.26. The minimum absolute atomic E-state index is 0.0156. The van der Waals surface area contributed by atoms with E-state index in [9.17, 15) is 66.7 Å². The molecule has 0 aliphatic carbocycles. The fourth-order valence-corrected chi connectivity index (χ4v) is 18.1. The van der Waals surface area contributed by atoms with E-state index in [4.69, 9.17) is 14.7 Å². The number of pyridine rings is 5. The van der Waals surface area contributed by atoms with Gasteiger partial charge in [-0.05, 0) is 120 Å². The smallest absolute Gasteiger partial charge is 0.257 e. The summed E-state index contributed by atoms with van der Waals surface area (Å²) in [4.78, 5) is 193. The number of hydrogen-bond donors (Lipinski definition) is 8. The number of amides is 13. The molecule has 0 aromatic carbocycles. The van der Waals surface area contributed by atoms with Crippen LogP contribution in [-0.2, 0) is 67.1 Å². The van der Waals surface area contributed by atoms with Gasteiger partial charge in [0, 0.05) is 219 Å². The Morgan fingerprint density at radius 1 is 0.373 bits per heavy atom. The maximum Gasteiger partial charge on any atom is 0.257 e. The van der Waals surface area contributed by atoms with Crippen LogP contribution < -0.4 is 42.1 Å². The summed E-state index contributed by atoms with van der Waals surface area (Å²) in [6, 6.07) is 18.7. The molecule has 842 valence electrons. The molecule has 0 atom stereocenters. The van der Waals surface area contributed by atoms with Crippen molar-refractivity contribution in [3.8, 4) is 5.75 Å². The molecule has 6 fully saturated rings. The lowest BCUT2D eigenvalue weighted by molar-refractivity contribution is -0.133. The fourth-order valence-electron chi connectivity index (χ4n) is 13.3. The fraction of sp³-hybridized carbons (Fsp3) is 0.589. The van der Waals surface area contributed by atoms with Crippen molar-refractivity contribution in [2.45, 2.75) is 60.8 Å². The van der Waals surface area contributed by atoms with Crippen LogP contribution in [0.3, 0.4) is 0 Å². The van der Waals surface area contributed by atoms with E-state index in [1.54, 1.807) is 79.2 Å². The normalized spacial score (nSPS) is 14.9. The lowest BCUT2D eigenvalue weighted by Gasteiger charge is -2.34. The number of unbranched alkanes of at least 4 members (excludes halogenated alkanes) is 1. The third-order valence-corrected chi connectivity index (χ3v) is 30.3. The number of piperazine rings is 6. The quantitative estimate of drug-likeness (QED) is 0.00954. The first-order chi connectivity index (χ1) is 72.0. The van der Waals surface area contributed by atoms with Gasteiger partial charge in [-0.2, -0.15) is 0 Å². The number of rotatable bonds is 29. The number of hydrogen-bond acceptors (Lipinski definition) is 29. The average Bonchev–Trinajstić information content (AvgIpc) is 1.13. The number of carbonyl (C=O) groups is 13. The molecule has 7 aliphatic rings. The van der Waals surface area contributed by atoms with Crippen molar-refractivity contribution >= 4 is 394 Å². The highest BCUT2D eigenvalue weighted by Crippen LogP contribution is 2.17. The standard InChI is InChI=1S/C10H19IN2O.C9H17IN2O2.C9H11IN2O.C9H17IN2O.C8H14IN3O3.C8H9IN2O2.C8H9IN2O.C8H15IN2O.C7H6FIN2O.C7H13IN2O.C7H7IN2O.C5H7IN2OS/c1-2-3-4-12-5-7-13(8-6-12)10(14)9-11;1-14-7-6-11-2-4-12(5-3-11)9(13)8-10;1-6-3-7(2)11-8(4-6)12-9(13)5-10;1-2-3-11-4-6-12(7-5-11)9(13)8-10;9-5-8(14)12-3-1-11(2-4-12)6-7(13)10-15;1-13-6-2-3-10-7(4-6)11-8(12)5-9;1-6-2-3-10-7(4-6)11-8(12)5-9;1-2-10-3-5-11(6-4-10)8(12)7-9;8-5-1-2-10-6(3-5)11-7(12)4-9;1-9-2-4-10(5-3-9)7(11)6-8;8-5-7(11)10-6-3-1-2-4-9-6;6-3-4(9)8-5-7-1-2-10-5/h2-9H2,1H3;2-8H2,1H3;3-4H,5H2,1-2H3,(H,11,12,13);2-8H2,1H3;15H,1-6H2,(H,10,13);2-4H,5H2,1H3,(H,10,11,12);2-4H,5H2,1H3,(H,10,11,12);2-7H2,1H3;1-3H,4H2,(H,10,11,12);2-6H2,1H3;1-4H,5H2,(H,9,10,11);1-3H2,(H,7,8,9). The third kappa shape index (κ3) is 70.2. The number of anilines is 5. The Balaban J connectivity index is 0.000000819. The van der Waals surface area contributed by atoms with Crippen LogP contribution >= 0.6 is 283 Å². The lowest BCUT2D eigenvalue weighted by atomic mass is 10.2. The Bertz CT molecular complexity index is 4620. The molecule has 6 saturated heterocycles. The van der Waals surface area contributed by atoms with Gasteiger partial charge in [-0.15, -0.1) is 0 Å². The number of amidine groups is 1. The molecule has 0 spiro atoms. The zero-order chi connectivity index (χ0) is 112. The molecule has 0 unspecified atom stereocenters. The van der Waals surface area contributed by atoms with Crippen LogP contribution in [0.2, 0.25) is 0 Å². The van der Waals surface area contributed by atoms with Gasteiger partial charge in [0.15, 0.2) is 5.17 Å². The number of aliphatic imine (C=N–C) groups is 1. The van der Waals surface area contributed by atoms with Gasteiger partial charge in [0.2, 0.25) is 70.9 Å². The Hall–Kier alpha value is -2.95. The highest BCUT2D eigenvalue weighted by molar-refractivity contribution is 14.1. The Labute approximate surface area is 1050 Å². The molecular formula is C95H144FI12N25O16S. The van der Waals surface area contributed by atoms with E-state index in [0.29, 0.717) is 114 Å². The summed E-state index contributed by atoms with van der Waals surface area (Å²) in [6.07, 6.45) is 9.95. The molecule has 5 aromatic rings. The molecule has 5 aromatic heterocycles. The SMILES string of the molecule is CCCCN1CCN(C(=O)CI)CC1.CCCN1CCN(C(=O)CI)CC1.CCN1CCN(C(=O)CI)CC1.CN1CCN(C(=O)CI)CC1.COCCN1CCN(C(=O)CI)CC1.COc1ccnc(NC(=O)CI)c1.Cc1cc(C)nc(NC(=O)CI)c1.Cc1ccnc(NC(=O)CI)c1.O=C(CI)NC1=NCCS1.O=C(CI)Nc1cc(F)ccn1.O=C(CI)Nc1ccccn1.O=C(CN1CCN(C(=O)CI)CC1)NO. The lowest BCUT2D eigenvalue weighted by Crippen LogP contribution is -2.51. The minimum atomic E-state index is -0.413. The predicted octanol–water partition coefficient (Wildman–Crippen LogP) is 11.4. The molecule has 0 bridgehead atoms. The van der Waals surface area contributed by atoms with Crippen LogP contribution in [-0.4, -0.2) is 454 Å². The number of alkyl halides is 12. The third-order valence-electron chi connectivity index (χ3n) is 21.4. The number of carbonyl (C=O) groups excluding carboxylic acids is 13. The second-order valence-electron chi connectivity index (χ2n) is 32.7. The van der Waals surface area contributed by atoms with Crippen LogP contribution in [0, 0.1) is 26.6 Å². The number of nitrogens with one attached hydrogen (secondary N) is 7. The summed E-state index contributed by atoms with van der Waals surface area (Å²) in [5.41, 5.74) is 4.71. The van der Waals surface area contributed by atoms with Gasteiger partial charge < -0.3 is 80.6 Å². The van der Waals surface area contributed by atoms with E-state index in [-0.39, 0.29) is 77.3 Å². The molecule has 7 aliphatic heterocycles. The molecule has 55 heteroatoms. The number of thioether (sulfide) groups is 1. The van der Waals surface area contributed by atoms with Crippen molar-refractivity contribution in [2.75, 3.05) is 310 Å². The molecule has 12 heterocycles. The summed E-state index contributed by atoms with van der Waals surface area (Å²) < 4.78 is 28.7. The molecular weight excluding hydrogens is 3320 g/mol. The topological polar surface area (TPSA) is 460 Å². The summed E-state index contributed by atoms with van der Waals surface area (Å²) in [5.74, 6) is 4.75. The van der Waals surface area contributed by atoms with Crippen molar-refractivity contribution in [1.82, 2.24) is 94.5 Å². The molecule has 41 nitrogen and oxygen atoms in total. The molecule has 0 saturated carbocycles. The highest BCUT2D eigenvalue weighted by atomic mass is 127. The van der Waals surface area contributed by atoms with Gasteiger partial charge in [-0.1, -0.05) is 316 Å². The van der Waals surface area contributed by atoms with Gasteiger partial charge in [0.05, 0.1) is 79.9 Å². The van der Waals surface area contributed by atoms with Crippen LogP contribution in [0.15, 0.2) is 96.5 Å². The van der Waals surface area contributed by atoms with Crippen molar-refractivity contribution in [2.24, 2.45) is 4.99 Å². The van der Waals surface area contributed by atoms with Crippen molar-refractivity contribution in [3.63, 3.8) is 0 Å². The van der Waals surface area contributed by atoms with E-state index < -0.39 is 11.7 Å². The maximum atomic E-state index is 12.5. The largest absolute Gasteiger partial charge is 0.497 e. The minimum Gasteiger partial charge on any atom is -0.497 e. The first-order valence-corrected chi connectivity index (χ1v) is 67.3. The molecule has 8 N–H and O–H groups in total. The second-order valence-corrected chi connectivity index (χ2v) is 42.9. The Morgan fingerprint density at radius 2 is 0.733 bits per heavy atom. The number of halogens is 13. The zero-order valence-electron chi connectivity index (χ0n) is 86.3. The van der Waals surface area contributed by atoms with E-state index in [1.807, 2.05) is 239 Å². The van der Waals surface area contributed by atoms with Crippen LogP contribution in [0.5, 0.6) is 5.75 Å². The van der Waals surface area contributed by atoms with Gasteiger partial charge in [-0.25, -0.2) is 34.8 Å². The first kappa shape index (κ1) is 145. The Morgan fingerprint density at radius 3 is 1.09 bits per heavy atom. The zero-order valence-corrected chi connectivity index (χ0v) is 113. The Kier molecular flexibility index (Phi) is 88.7. The van der Waals surface area contributed by atoms with E-state index in [1.165, 1.54) is 50.7 Å². The number of aryl methyl sites for hydroxylation is 3. The molecule has 150 heavy (non-hydrogen) atoms. The van der Waals surface area contributed by atoms with Crippen LogP contribution in [0.25, 0.3) is 0 Å². The number of nitrogens with zero attached hydrogens (tertiary/aromatic N) is 18. The van der Waals surface area contributed by atoms with Gasteiger partial charge in [0.1, 0.15) is 40.7 Å². The number of aromatic nitrogens is 5. The maximum absolute atomic E-state index is 12.5. The first-order valence-electron chi connectivity index (χ1n) is 48.0. The van der Waals surface area contributed by atoms with Gasteiger partial charge >= 0.3 is 0 Å². The van der Waals surface area contributed by atoms with Gasteiger partial charge in [0.25, 0.3) is 5.91 Å². The number of likely N-dealkylation sites (N-methyl/N-ethyl adjacent to an activating group) is 2.